The molecule has 2 aromatic heterocycles. The Kier molecular flexibility index (Phi) is 8.03. The molecule has 0 radical (unpaired) electrons. The Morgan fingerprint density at radius 2 is 1.78 bits per heavy atom. The van der Waals surface area contributed by atoms with Crippen LogP contribution in [0, 0.1) is 13.8 Å². The third-order valence-corrected chi connectivity index (χ3v) is 7.18. The fourth-order valence-corrected chi connectivity index (χ4v) is 4.89. The van der Waals surface area contributed by atoms with E-state index in [9.17, 15) is 4.79 Å². The zero-order valence-corrected chi connectivity index (χ0v) is 21.7. The van der Waals surface area contributed by atoms with Crippen LogP contribution in [-0.4, -0.2) is 74.4 Å². The Hall–Kier alpha value is -3.40. The maximum atomic E-state index is 13.1. The van der Waals surface area contributed by atoms with Crippen LogP contribution in [0.15, 0.2) is 53.3 Å². The summed E-state index contributed by atoms with van der Waals surface area (Å²) in [6, 6.07) is 16.6. The lowest BCUT2D eigenvalue weighted by Gasteiger charge is -2.29. The van der Waals surface area contributed by atoms with Crippen LogP contribution in [-0.2, 0) is 30.8 Å². The zero-order valence-electron chi connectivity index (χ0n) is 21.7. The smallest absolute Gasteiger partial charge is 0.252 e. The molecule has 0 aliphatic carbocycles. The van der Waals surface area contributed by atoms with Gasteiger partial charge in [-0.05, 0) is 53.5 Å². The van der Waals surface area contributed by atoms with Crippen LogP contribution in [0.25, 0.3) is 10.9 Å². The maximum absolute atomic E-state index is 13.1. The average Bonchev–Trinajstić information content (AvgIpc) is 3.37. The van der Waals surface area contributed by atoms with Crippen LogP contribution in [0.5, 0.6) is 0 Å². The molecule has 0 atom stereocenters. The first-order chi connectivity index (χ1) is 18.1. The lowest BCUT2D eigenvalue weighted by Crippen LogP contribution is -2.41. The topological polar surface area (TPSA) is 92.2 Å². The van der Waals surface area contributed by atoms with Gasteiger partial charge in [-0.1, -0.05) is 42.5 Å². The van der Waals surface area contributed by atoms with Gasteiger partial charge < -0.3 is 9.72 Å². The number of aryl methyl sites for hydroxylation is 4. The van der Waals surface area contributed by atoms with Crippen molar-refractivity contribution in [2.45, 2.75) is 39.9 Å². The number of pyridine rings is 1. The van der Waals surface area contributed by atoms with Crippen molar-refractivity contribution in [3.05, 3.63) is 87.0 Å². The number of fused-ring (bicyclic) bond motifs is 1. The highest BCUT2D eigenvalue weighted by atomic mass is 16.5. The molecule has 0 spiro atoms. The molecular weight excluding hydrogens is 466 g/mol. The highest BCUT2D eigenvalue weighted by Gasteiger charge is 2.18. The van der Waals surface area contributed by atoms with Crippen LogP contribution in [0.1, 0.15) is 28.1 Å². The van der Waals surface area contributed by atoms with E-state index in [1.54, 1.807) is 0 Å². The van der Waals surface area contributed by atoms with Crippen molar-refractivity contribution >= 4 is 10.9 Å². The molecule has 1 saturated heterocycles. The molecule has 5 rings (SSSR count). The van der Waals surface area contributed by atoms with Gasteiger partial charge in [-0.3, -0.25) is 14.6 Å². The standard InChI is InChI=1S/C28H35N7O2/c1-21-8-9-22(2)27-25(21)18-24(28(36)29-27)19-34(13-12-33-14-16-37-17-15-33)20-26-30-31-32-35(26)11-10-23-6-4-3-5-7-23/h3-9,18H,10-17,19-20H2,1-2H3,(H,29,36). The number of morpholine rings is 1. The summed E-state index contributed by atoms with van der Waals surface area (Å²) in [4.78, 5) is 20.9. The van der Waals surface area contributed by atoms with Crippen LogP contribution in [0.2, 0.25) is 0 Å². The quantitative estimate of drug-likeness (QED) is 0.357. The third-order valence-electron chi connectivity index (χ3n) is 7.18. The lowest BCUT2D eigenvalue weighted by atomic mass is 10.0. The summed E-state index contributed by atoms with van der Waals surface area (Å²) >= 11 is 0. The Labute approximate surface area is 217 Å². The van der Waals surface area contributed by atoms with Crippen molar-refractivity contribution in [1.82, 2.24) is 35.0 Å². The number of H-pyrrole nitrogens is 1. The summed E-state index contributed by atoms with van der Waals surface area (Å²) in [7, 11) is 0. The van der Waals surface area contributed by atoms with Crippen LogP contribution >= 0.6 is 0 Å². The SMILES string of the molecule is Cc1ccc(C)c2[nH]c(=O)c(CN(CCN3CCOCC3)Cc3nnnn3CCc3ccccc3)cc12. The van der Waals surface area contributed by atoms with Gasteiger partial charge in [0.15, 0.2) is 5.82 Å². The number of hydrogen-bond donors (Lipinski definition) is 1. The molecule has 0 bridgehead atoms. The largest absolute Gasteiger partial charge is 0.379 e. The monoisotopic (exact) mass is 501 g/mol. The van der Waals surface area contributed by atoms with Gasteiger partial charge in [-0.15, -0.1) is 5.10 Å². The van der Waals surface area contributed by atoms with E-state index in [4.69, 9.17) is 4.74 Å². The first kappa shape index (κ1) is 25.3. The van der Waals surface area contributed by atoms with E-state index in [2.05, 4.69) is 67.6 Å². The molecule has 1 aliphatic heterocycles. The number of tetrazole rings is 1. The second kappa shape index (κ2) is 11.8. The predicted molar refractivity (Wildman–Crippen MR) is 143 cm³/mol. The Morgan fingerprint density at radius 3 is 2.59 bits per heavy atom. The first-order valence-electron chi connectivity index (χ1n) is 13.0. The molecule has 0 unspecified atom stereocenters. The predicted octanol–water partition coefficient (Wildman–Crippen LogP) is 2.71. The van der Waals surface area contributed by atoms with Crippen LogP contribution in [0.4, 0.5) is 0 Å². The number of nitrogens with one attached hydrogen (secondary N) is 1. The Bertz CT molecular complexity index is 1380. The van der Waals surface area contributed by atoms with Crippen LogP contribution < -0.4 is 5.56 Å². The van der Waals surface area contributed by atoms with Gasteiger partial charge in [0.25, 0.3) is 5.56 Å². The summed E-state index contributed by atoms with van der Waals surface area (Å²) in [5, 5.41) is 13.7. The molecular formula is C28H35N7O2. The van der Waals surface area contributed by atoms with E-state index in [1.807, 2.05) is 29.8 Å². The van der Waals surface area contributed by atoms with E-state index in [1.165, 1.54) is 5.56 Å². The fraction of sp³-hybridized carbons (Fsp3) is 0.429. The number of nitrogens with zero attached hydrogens (tertiary/aromatic N) is 6. The number of benzene rings is 2. The minimum Gasteiger partial charge on any atom is -0.379 e. The molecule has 9 nitrogen and oxygen atoms in total. The number of ether oxygens (including phenoxy) is 1. The van der Waals surface area contributed by atoms with Gasteiger partial charge in [-0.2, -0.15) is 0 Å². The van der Waals surface area contributed by atoms with Crippen LogP contribution in [0.3, 0.4) is 0 Å². The van der Waals surface area contributed by atoms with Crippen molar-refractivity contribution < 1.29 is 4.74 Å². The molecule has 1 N–H and O–H groups in total. The summed E-state index contributed by atoms with van der Waals surface area (Å²) in [6.45, 7) is 11.0. The highest BCUT2D eigenvalue weighted by molar-refractivity contribution is 5.85. The third kappa shape index (κ3) is 6.30. The van der Waals surface area contributed by atoms with E-state index >= 15 is 0 Å². The van der Waals surface area contributed by atoms with Gasteiger partial charge >= 0.3 is 0 Å². The minimum absolute atomic E-state index is 0.0405. The molecule has 1 aliphatic rings. The van der Waals surface area contributed by atoms with Gasteiger partial charge in [0.05, 0.1) is 25.3 Å². The van der Waals surface area contributed by atoms with E-state index in [0.29, 0.717) is 19.6 Å². The second-order valence-corrected chi connectivity index (χ2v) is 9.83. The van der Waals surface area contributed by atoms with Crippen molar-refractivity contribution in [3.8, 4) is 0 Å². The number of aromatic nitrogens is 5. The first-order valence-corrected chi connectivity index (χ1v) is 13.0. The Morgan fingerprint density at radius 1 is 1.00 bits per heavy atom. The zero-order chi connectivity index (χ0) is 25.6. The minimum atomic E-state index is -0.0405. The summed E-state index contributed by atoms with van der Waals surface area (Å²) < 4.78 is 7.40. The maximum Gasteiger partial charge on any atom is 0.252 e. The highest BCUT2D eigenvalue weighted by Crippen LogP contribution is 2.20. The average molecular weight is 502 g/mol. The van der Waals surface area contributed by atoms with E-state index < -0.39 is 0 Å². The molecule has 1 fully saturated rings. The molecule has 4 aromatic rings. The Balaban J connectivity index is 1.36. The summed E-state index contributed by atoms with van der Waals surface area (Å²) in [5.74, 6) is 0.808. The second-order valence-electron chi connectivity index (χ2n) is 9.83. The van der Waals surface area contributed by atoms with Crippen molar-refractivity contribution in [3.63, 3.8) is 0 Å². The van der Waals surface area contributed by atoms with Crippen molar-refractivity contribution in [1.29, 1.82) is 0 Å². The fourth-order valence-electron chi connectivity index (χ4n) is 4.89. The van der Waals surface area contributed by atoms with Gasteiger partial charge in [0, 0.05) is 50.2 Å². The molecule has 0 saturated carbocycles. The number of rotatable bonds is 10. The van der Waals surface area contributed by atoms with Crippen molar-refractivity contribution in [2.24, 2.45) is 0 Å². The molecule has 2 aromatic carbocycles. The summed E-state index contributed by atoms with van der Waals surface area (Å²) in [5.41, 5.74) is 5.11. The molecule has 9 heteroatoms. The van der Waals surface area contributed by atoms with Gasteiger partial charge in [-0.25, -0.2) is 4.68 Å². The molecule has 37 heavy (non-hydrogen) atoms. The van der Waals surface area contributed by atoms with Gasteiger partial charge in [0.2, 0.25) is 0 Å². The summed E-state index contributed by atoms with van der Waals surface area (Å²) in [6.07, 6.45) is 0.857. The molecule has 3 heterocycles. The number of hydrogen-bond acceptors (Lipinski definition) is 7. The van der Waals surface area contributed by atoms with Gasteiger partial charge in [0.1, 0.15) is 0 Å². The van der Waals surface area contributed by atoms with E-state index in [-0.39, 0.29) is 5.56 Å². The normalized spacial score (nSPS) is 14.6. The molecule has 0 amide bonds. The van der Waals surface area contributed by atoms with E-state index in [0.717, 1.165) is 79.2 Å². The lowest BCUT2D eigenvalue weighted by molar-refractivity contribution is 0.0322. The number of aromatic amines is 1. The molecule has 194 valence electrons. The van der Waals surface area contributed by atoms with Crippen molar-refractivity contribution in [2.75, 3.05) is 39.4 Å².